The zero-order valence-electron chi connectivity index (χ0n) is 11.0. The molecule has 1 aliphatic rings. The number of aromatic nitrogens is 1. The molecule has 0 aliphatic heterocycles. The van der Waals surface area contributed by atoms with Gasteiger partial charge in [-0.2, -0.15) is 0 Å². The van der Waals surface area contributed by atoms with Crippen molar-refractivity contribution in [3.05, 3.63) is 29.0 Å². The molecule has 19 heavy (non-hydrogen) atoms. The zero-order valence-corrected chi connectivity index (χ0v) is 12.5. The molecule has 2 atom stereocenters. The van der Waals surface area contributed by atoms with Crippen molar-refractivity contribution in [1.29, 1.82) is 0 Å². The number of hydrogen-bond donors (Lipinski definition) is 1. The Morgan fingerprint density at radius 1 is 1.58 bits per heavy atom. The van der Waals surface area contributed by atoms with Gasteiger partial charge in [-0.05, 0) is 30.9 Å². The van der Waals surface area contributed by atoms with Crippen molar-refractivity contribution in [2.75, 3.05) is 5.88 Å². The molecule has 1 heterocycles. The number of hydrogen-bond acceptors (Lipinski definition) is 2. The van der Waals surface area contributed by atoms with Crippen molar-refractivity contribution >= 4 is 29.1 Å². The maximum absolute atomic E-state index is 12.2. The maximum Gasteiger partial charge on any atom is 0.270 e. The van der Waals surface area contributed by atoms with Gasteiger partial charge in [0.2, 0.25) is 0 Å². The largest absolute Gasteiger partial charge is 0.344 e. The summed E-state index contributed by atoms with van der Waals surface area (Å²) in [7, 11) is 0. The molecule has 1 aromatic rings. The first kappa shape index (κ1) is 14.6. The van der Waals surface area contributed by atoms with Crippen LogP contribution in [0.25, 0.3) is 0 Å². The highest BCUT2D eigenvalue weighted by Crippen LogP contribution is 2.33. The van der Waals surface area contributed by atoms with Gasteiger partial charge in [0, 0.05) is 12.1 Å². The molecule has 0 aromatic carbocycles. The summed E-state index contributed by atoms with van der Waals surface area (Å²) < 4.78 is 0. The Labute approximate surface area is 123 Å². The van der Waals surface area contributed by atoms with Gasteiger partial charge in [-0.3, -0.25) is 4.79 Å². The number of carbonyl (C=O) groups excluding carboxylic acids is 1. The predicted octanol–water partition coefficient (Wildman–Crippen LogP) is 3.65. The third-order valence-electron chi connectivity index (χ3n) is 3.69. The van der Waals surface area contributed by atoms with Crippen LogP contribution in [0.2, 0.25) is 5.02 Å². The van der Waals surface area contributed by atoms with Gasteiger partial charge in [0.1, 0.15) is 5.69 Å². The summed E-state index contributed by atoms with van der Waals surface area (Å²) >= 11 is 11.9. The zero-order chi connectivity index (χ0) is 13.9. The normalized spacial score (nSPS) is 27.0. The van der Waals surface area contributed by atoms with E-state index in [1.165, 1.54) is 12.6 Å². The van der Waals surface area contributed by atoms with Gasteiger partial charge in [0.15, 0.2) is 0 Å². The second kappa shape index (κ2) is 6.10. The molecule has 1 fully saturated rings. The molecule has 0 saturated heterocycles. The molecular formula is C14H18Cl2N2O. The van der Waals surface area contributed by atoms with Gasteiger partial charge >= 0.3 is 0 Å². The lowest BCUT2D eigenvalue weighted by atomic mass is 9.77. The van der Waals surface area contributed by atoms with E-state index < -0.39 is 0 Å². The summed E-state index contributed by atoms with van der Waals surface area (Å²) in [6.07, 6.45) is 5.64. The standard InChI is InChI=1S/C14H18Cl2N2O/c1-10-3-2-6-14(7-10,9-15)18-13(19)12-5-4-11(16)8-17-12/h4-5,8,10H,2-3,6-7,9H2,1H3,(H,18,19). The van der Waals surface area contributed by atoms with Crippen LogP contribution in [0.3, 0.4) is 0 Å². The third-order valence-corrected chi connectivity index (χ3v) is 4.42. The summed E-state index contributed by atoms with van der Waals surface area (Å²) in [6.45, 7) is 2.20. The molecule has 0 spiro atoms. The Morgan fingerprint density at radius 2 is 2.37 bits per heavy atom. The first-order valence-corrected chi connectivity index (χ1v) is 7.46. The van der Waals surface area contributed by atoms with Crippen molar-refractivity contribution in [2.45, 2.75) is 38.1 Å². The number of pyridine rings is 1. The van der Waals surface area contributed by atoms with Crippen molar-refractivity contribution in [3.63, 3.8) is 0 Å². The van der Waals surface area contributed by atoms with Crippen LogP contribution in [-0.4, -0.2) is 22.3 Å². The Bertz CT molecular complexity index is 449. The van der Waals surface area contributed by atoms with Crippen LogP contribution in [0, 0.1) is 5.92 Å². The van der Waals surface area contributed by atoms with Crippen LogP contribution in [0.4, 0.5) is 0 Å². The fraction of sp³-hybridized carbons (Fsp3) is 0.571. The first-order chi connectivity index (χ1) is 9.04. The lowest BCUT2D eigenvalue weighted by molar-refractivity contribution is 0.0862. The lowest BCUT2D eigenvalue weighted by Gasteiger charge is -2.39. The number of nitrogens with one attached hydrogen (secondary N) is 1. The van der Waals surface area contributed by atoms with Crippen molar-refractivity contribution in [1.82, 2.24) is 10.3 Å². The van der Waals surface area contributed by atoms with Crippen LogP contribution >= 0.6 is 23.2 Å². The van der Waals surface area contributed by atoms with E-state index in [2.05, 4.69) is 17.2 Å². The van der Waals surface area contributed by atoms with Crippen LogP contribution in [-0.2, 0) is 0 Å². The minimum Gasteiger partial charge on any atom is -0.344 e. The second-order valence-corrected chi connectivity index (χ2v) is 6.13. The SMILES string of the molecule is CC1CCCC(CCl)(NC(=O)c2ccc(Cl)cn2)C1. The highest BCUT2D eigenvalue weighted by Gasteiger charge is 2.35. The van der Waals surface area contributed by atoms with E-state index in [-0.39, 0.29) is 11.4 Å². The number of carbonyl (C=O) groups is 1. The van der Waals surface area contributed by atoms with Crippen LogP contribution in [0.1, 0.15) is 43.1 Å². The topological polar surface area (TPSA) is 42.0 Å². The van der Waals surface area contributed by atoms with E-state index in [9.17, 15) is 4.79 Å². The molecule has 0 bridgehead atoms. The fourth-order valence-electron chi connectivity index (χ4n) is 2.74. The summed E-state index contributed by atoms with van der Waals surface area (Å²) in [4.78, 5) is 16.3. The van der Waals surface area contributed by atoms with Gasteiger partial charge in [0.25, 0.3) is 5.91 Å². The van der Waals surface area contributed by atoms with E-state index in [0.29, 0.717) is 22.5 Å². The third kappa shape index (κ3) is 3.61. The highest BCUT2D eigenvalue weighted by molar-refractivity contribution is 6.30. The fourth-order valence-corrected chi connectivity index (χ4v) is 3.16. The summed E-state index contributed by atoms with van der Waals surface area (Å²) in [5.74, 6) is 0.855. The molecule has 1 amide bonds. The van der Waals surface area contributed by atoms with E-state index in [1.54, 1.807) is 12.1 Å². The summed E-state index contributed by atoms with van der Waals surface area (Å²) in [5.41, 5.74) is 0.0876. The van der Waals surface area contributed by atoms with Crippen molar-refractivity contribution in [3.8, 4) is 0 Å². The Morgan fingerprint density at radius 3 is 2.95 bits per heavy atom. The molecule has 3 nitrogen and oxygen atoms in total. The molecule has 5 heteroatoms. The van der Waals surface area contributed by atoms with E-state index >= 15 is 0 Å². The van der Waals surface area contributed by atoms with Crippen LogP contribution in [0.15, 0.2) is 18.3 Å². The maximum atomic E-state index is 12.2. The Balaban J connectivity index is 2.09. The average molecular weight is 301 g/mol. The molecule has 1 saturated carbocycles. The number of alkyl halides is 1. The minimum absolute atomic E-state index is 0.175. The van der Waals surface area contributed by atoms with Crippen LogP contribution < -0.4 is 5.32 Å². The van der Waals surface area contributed by atoms with Gasteiger partial charge < -0.3 is 5.32 Å². The summed E-state index contributed by atoms with van der Waals surface area (Å²) in [6, 6.07) is 3.30. The van der Waals surface area contributed by atoms with E-state index in [1.807, 2.05) is 0 Å². The Hall–Kier alpha value is -0.800. The Kier molecular flexibility index (Phi) is 4.69. The summed E-state index contributed by atoms with van der Waals surface area (Å²) in [5, 5.41) is 3.59. The van der Waals surface area contributed by atoms with Gasteiger partial charge in [0.05, 0.1) is 10.6 Å². The molecule has 2 unspecified atom stereocenters. The quantitative estimate of drug-likeness (QED) is 0.866. The second-order valence-electron chi connectivity index (χ2n) is 5.43. The van der Waals surface area contributed by atoms with Crippen molar-refractivity contribution in [2.24, 2.45) is 5.92 Å². The first-order valence-electron chi connectivity index (χ1n) is 6.55. The number of halogens is 2. The number of amides is 1. The monoisotopic (exact) mass is 300 g/mol. The smallest absolute Gasteiger partial charge is 0.270 e. The average Bonchev–Trinajstić information content (AvgIpc) is 2.39. The highest BCUT2D eigenvalue weighted by atomic mass is 35.5. The molecule has 2 rings (SSSR count). The van der Waals surface area contributed by atoms with E-state index in [4.69, 9.17) is 23.2 Å². The minimum atomic E-state index is -0.294. The molecule has 1 aromatic heterocycles. The molecule has 1 N–H and O–H groups in total. The molecule has 104 valence electrons. The van der Waals surface area contributed by atoms with Gasteiger partial charge in [-0.15, -0.1) is 11.6 Å². The van der Waals surface area contributed by atoms with E-state index in [0.717, 1.165) is 19.3 Å². The van der Waals surface area contributed by atoms with Crippen molar-refractivity contribution < 1.29 is 4.79 Å². The number of nitrogens with zero attached hydrogens (tertiary/aromatic N) is 1. The van der Waals surface area contributed by atoms with Gasteiger partial charge in [-0.1, -0.05) is 31.4 Å². The number of rotatable bonds is 3. The predicted molar refractivity (Wildman–Crippen MR) is 77.8 cm³/mol. The van der Waals surface area contributed by atoms with Crippen LogP contribution in [0.5, 0.6) is 0 Å². The molecular weight excluding hydrogens is 283 g/mol. The van der Waals surface area contributed by atoms with Gasteiger partial charge in [-0.25, -0.2) is 4.98 Å². The molecule has 1 aliphatic carbocycles. The lowest BCUT2D eigenvalue weighted by Crippen LogP contribution is -2.52. The molecule has 0 radical (unpaired) electrons.